The molecule has 1 aliphatic rings. The van der Waals surface area contributed by atoms with E-state index in [1.54, 1.807) is 6.20 Å². The van der Waals surface area contributed by atoms with Crippen molar-refractivity contribution >= 4 is 17.8 Å². The van der Waals surface area contributed by atoms with Crippen molar-refractivity contribution in [2.75, 3.05) is 24.6 Å². The summed E-state index contributed by atoms with van der Waals surface area (Å²) in [5.41, 5.74) is 2.56. The molecule has 19 heavy (non-hydrogen) atoms. The van der Waals surface area contributed by atoms with E-state index in [1.807, 2.05) is 17.6 Å². The minimum absolute atomic E-state index is 0.286. The number of aliphatic hydroxyl groups excluding tert-OH is 1. The third-order valence-corrected chi connectivity index (χ3v) is 3.48. The molecule has 0 spiro atoms. The maximum absolute atomic E-state index is 8.94. The molecule has 2 rings (SSSR count). The molecule has 1 aliphatic heterocycles. The highest BCUT2D eigenvalue weighted by Gasteiger charge is 2.19. The Kier molecular flexibility index (Phi) is 5.11. The van der Waals surface area contributed by atoms with Crippen LogP contribution in [0.4, 0.5) is 11.5 Å². The summed E-state index contributed by atoms with van der Waals surface area (Å²) in [6, 6.07) is 3.81. The summed E-state index contributed by atoms with van der Waals surface area (Å²) >= 11 is 0. The van der Waals surface area contributed by atoms with Gasteiger partial charge in [-0.05, 0) is 37.3 Å². The monoisotopic (exact) mass is 264 g/mol. The van der Waals surface area contributed by atoms with Crippen LogP contribution in [0.3, 0.4) is 0 Å². The van der Waals surface area contributed by atoms with E-state index < -0.39 is 0 Å². The number of nitrogens with one attached hydrogen (secondary N) is 1. The Morgan fingerprint density at radius 3 is 2.79 bits per heavy atom. The van der Waals surface area contributed by atoms with Gasteiger partial charge in [-0.3, -0.25) is 10.7 Å². The van der Waals surface area contributed by atoms with E-state index in [9.17, 15) is 0 Å². The quantitative estimate of drug-likeness (QED) is 0.424. The van der Waals surface area contributed by atoms with Gasteiger partial charge < -0.3 is 10.0 Å². The number of anilines is 1. The largest absolute Gasteiger partial charge is 0.396 e. The van der Waals surface area contributed by atoms with Gasteiger partial charge in [0.15, 0.2) is 0 Å². The van der Waals surface area contributed by atoms with Crippen LogP contribution in [-0.2, 0) is 0 Å². The Morgan fingerprint density at radius 1 is 1.42 bits per heavy atom. The van der Waals surface area contributed by atoms with Crippen molar-refractivity contribution in [1.82, 2.24) is 10.5 Å². The van der Waals surface area contributed by atoms with Crippen LogP contribution in [0.25, 0.3) is 0 Å². The third kappa shape index (κ3) is 3.90. The van der Waals surface area contributed by atoms with Crippen LogP contribution in [0, 0.1) is 5.92 Å². The predicted octanol–water partition coefficient (Wildman–Crippen LogP) is 1.32. The molecule has 0 aromatic carbocycles. The van der Waals surface area contributed by atoms with Gasteiger partial charge in [0.25, 0.3) is 0 Å². The fraction of sp³-hybridized carbons (Fsp3) is 0.538. The van der Waals surface area contributed by atoms with Crippen molar-refractivity contribution in [3.8, 4) is 0 Å². The molecule has 104 valence electrons. The van der Waals surface area contributed by atoms with Crippen molar-refractivity contribution in [1.29, 1.82) is 0 Å². The van der Waals surface area contributed by atoms with E-state index in [-0.39, 0.29) is 6.61 Å². The molecule has 0 aliphatic carbocycles. The van der Waals surface area contributed by atoms with Crippen LogP contribution in [0.15, 0.2) is 23.3 Å². The fourth-order valence-corrected chi connectivity index (χ4v) is 2.38. The number of piperidine rings is 1. The number of pyridine rings is 1. The van der Waals surface area contributed by atoms with Gasteiger partial charge in [-0.1, -0.05) is 0 Å². The van der Waals surface area contributed by atoms with Crippen LogP contribution in [0.2, 0.25) is 0 Å². The van der Waals surface area contributed by atoms with Gasteiger partial charge in [-0.25, -0.2) is 9.98 Å². The van der Waals surface area contributed by atoms with E-state index in [0.717, 1.165) is 38.2 Å². The van der Waals surface area contributed by atoms with Gasteiger partial charge in [-0.2, -0.15) is 0 Å². The molecule has 0 radical (unpaired) electrons. The second-order valence-electron chi connectivity index (χ2n) is 4.70. The van der Waals surface area contributed by atoms with Crippen LogP contribution < -0.4 is 10.4 Å². The smallest absolute Gasteiger partial charge is 0.128 e. The second kappa shape index (κ2) is 7.06. The van der Waals surface area contributed by atoms with Gasteiger partial charge in [0.2, 0.25) is 0 Å². The van der Waals surface area contributed by atoms with Crippen LogP contribution in [0.1, 0.15) is 19.3 Å². The molecule has 1 aromatic rings. The number of rotatable bonds is 5. The molecule has 0 saturated carbocycles. The summed E-state index contributed by atoms with van der Waals surface area (Å²) in [7, 11) is 0. The maximum atomic E-state index is 8.94. The zero-order valence-corrected chi connectivity index (χ0v) is 10.9. The topological polar surface area (TPSA) is 81.0 Å². The first-order valence-corrected chi connectivity index (χ1v) is 6.57. The highest BCUT2D eigenvalue weighted by atomic mass is 16.5. The van der Waals surface area contributed by atoms with Crippen LogP contribution in [0.5, 0.6) is 0 Å². The molecular formula is C13H20N4O2. The van der Waals surface area contributed by atoms with Crippen molar-refractivity contribution in [2.24, 2.45) is 10.9 Å². The molecule has 6 nitrogen and oxygen atoms in total. The molecule has 0 unspecified atom stereocenters. The fourth-order valence-electron chi connectivity index (χ4n) is 2.38. The molecule has 1 saturated heterocycles. The lowest BCUT2D eigenvalue weighted by molar-refractivity contribution is 0.240. The molecule has 1 fully saturated rings. The van der Waals surface area contributed by atoms with Crippen LogP contribution >= 0.6 is 0 Å². The van der Waals surface area contributed by atoms with Crippen molar-refractivity contribution in [3.63, 3.8) is 0 Å². The molecule has 1 aromatic heterocycles. The summed E-state index contributed by atoms with van der Waals surface area (Å²) in [6.45, 7) is 2.26. The Balaban J connectivity index is 1.91. The minimum atomic E-state index is 0.286. The van der Waals surface area contributed by atoms with Gasteiger partial charge >= 0.3 is 0 Å². The lowest BCUT2D eigenvalue weighted by atomic mass is 9.94. The van der Waals surface area contributed by atoms with E-state index in [0.29, 0.717) is 11.6 Å². The number of aliphatic hydroxyl groups is 1. The number of aliphatic imine (C=N–C) groups is 1. The summed E-state index contributed by atoms with van der Waals surface area (Å²) in [4.78, 5) is 10.6. The molecule has 0 bridgehead atoms. The molecule has 6 heteroatoms. The summed E-state index contributed by atoms with van der Waals surface area (Å²) < 4.78 is 0. The van der Waals surface area contributed by atoms with E-state index in [4.69, 9.17) is 10.3 Å². The SMILES string of the molecule is OCCC1CCN(c2ccc(N=CNO)cn2)CC1. The molecular weight excluding hydrogens is 244 g/mol. The third-order valence-electron chi connectivity index (χ3n) is 3.48. The maximum Gasteiger partial charge on any atom is 0.128 e. The van der Waals surface area contributed by atoms with Crippen molar-refractivity contribution in [2.45, 2.75) is 19.3 Å². The Bertz CT molecular complexity index is 400. The first kappa shape index (κ1) is 13.8. The standard InChI is InChI=1S/C13H20N4O2/c18-8-5-11-3-6-17(7-4-11)13-2-1-12(9-14-13)15-10-16-19/h1-2,9-11,18-19H,3-8H2,(H,15,16). The van der Waals surface area contributed by atoms with E-state index in [2.05, 4.69) is 14.9 Å². The van der Waals surface area contributed by atoms with Gasteiger partial charge in [0.1, 0.15) is 12.2 Å². The normalized spacial score (nSPS) is 17.1. The zero-order valence-electron chi connectivity index (χ0n) is 10.9. The Hall–Kier alpha value is -1.66. The average molecular weight is 264 g/mol. The number of hydroxylamine groups is 1. The van der Waals surface area contributed by atoms with Gasteiger partial charge in [0.05, 0.1) is 11.9 Å². The number of nitrogens with zero attached hydrogens (tertiary/aromatic N) is 3. The lowest BCUT2D eigenvalue weighted by Gasteiger charge is -2.32. The highest BCUT2D eigenvalue weighted by molar-refractivity contribution is 5.59. The number of hydrogen-bond acceptors (Lipinski definition) is 5. The molecule has 0 atom stereocenters. The summed E-state index contributed by atoms with van der Waals surface area (Å²) in [5.74, 6) is 1.60. The van der Waals surface area contributed by atoms with Gasteiger partial charge in [-0.15, -0.1) is 0 Å². The Labute approximate surface area is 112 Å². The second-order valence-corrected chi connectivity index (χ2v) is 4.70. The first-order chi connectivity index (χ1) is 9.33. The predicted molar refractivity (Wildman–Crippen MR) is 74.0 cm³/mol. The first-order valence-electron chi connectivity index (χ1n) is 6.57. The van der Waals surface area contributed by atoms with E-state index in [1.165, 1.54) is 6.34 Å². The number of hydrogen-bond donors (Lipinski definition) is 3. The lowest BCUT2D eigenvalue weighted by Crippen LogP contribution is -2.34. The minimum Gasteiger partial charge on any atom is -0.396 e. The van der Waals surface area contributed by atoms with Gasteiger partial charge in [0, 0.05) is 19.7 Å². The average Bonchev–Trinajstić information content (AvgIpc) is 2.47. The zero-order chi connectivity index (χ0) is 13.5. The molecule has 0 amide bonds. The molecule has 3 N–H and O–H groups in total. The Morgan fingerprint density at radius 2 is 2.21 bits per heavy atom. The highest BCUT2D eigenvalue weighted by Crippen LogP contribution is 2.24. The van der Waals surface area contributed by atoms with Crippen LogP contribution in [-0.4, -0.2) is 41.3 Å². The van der Waals surface area contributed by atoms with Crippen molar-refractivity contribution < 1.29 is 10.3 Å². The van der Waals surface area contributed by atoms with Crippen molar-refractivity contribution in [3.05, 3.63) is 18.3 Å². The summed E-state index contributed by atoms with van der Waals surface area (Å²) in [5, 5.41) is 17.3. The number of aromatic nitrogens is 1. The summed E-state index contributed by atoms with van der Waals surface area (Å²) in [6.07, 6.45) is 6.01. The van der Waals surface area contributed by atoms with E-state index >= 15 is 0 Å². The molecule has 2 heterocycles.